The van der Waals surface area contributed by atoms with E-state index in [2.05, 4.69) is 20.9 Å². The maximum Gasteiger partial charge on any atom is 0.201 e. The average molecular weight is 350 g/mol. The summed E-state index contributed by atoms with van der Waals surface area (Å²) in [6, 6.07) is 7.73. The molecule has 0 aliphatic rings. The van der Waals surface area contributed by atoms with Crippen molar-refractivity contribution in [2.24, 2.45) is 0 Å². The third-order valence-electron chi connectivity index (χ3n) is 3.40. The number of halogens is 3. The molecule has 21 heavy (non-hydrogen) atoms. The SMILES string of the molecule is Cc1ccc(F)c(C(=O)c2c[nH]c3cc(Br)ccc23)c1F. The number of H-pyrrole nitrogens is 1. The molecule has 0 aliphatic carbocycles. The lowest BCUT2D eigenvalue weighted by Crippen LogP contribution is -2.08. The van der Waals surface area contributed by atoms with Crippen LogP contribution >= 0.6 is 15.9 Å². The Balaban J connectivity index is 2.20. The Morgan fingerprint density at radius 1 is 1.19 bits per heavy atom. The second-order valence-corrected chi connectivity index (χ2v) is 5.69. The van der Waals surface area contributed by atoms with Gasteiger partial charge in [-0.05, 0) is 30.7 Å². The number of carbonyl (C=O) groups is 1. The molecule has 0 spiro atoms. The van der Waals surface area contributed by atoms with Crippen LogP contribution in [0.1, 0.15) is 21.5 Å². The fourth-order valence-electron chi connectivity index (χ4n) is 2.29. The highest BCUT2D eigenvalue weighted by Gasteiger charge is 2.22. The van der Waals surface area contributed by atoms with Gasteiger partial charge in [0.25, 0.3) is 0 Å². The minimum absolute atomic E-state index is 0.238. The lowest BCUT2D eigenvalue weighted by Gasteiger charge is -2.06. The quantitative estimate of drug-likeness (QED) is 0.665. The second-order valence-electron chi connectivity index (χ2n) is 4.77. The van der Waals surface area contributed by atoms with Gasteiger partial charge in [0.05, 0.1) is 5.56 Å². The van der Waals surface area contributed by atoms with Gasteiger partial charge >= 0.3 is 0 Å². The zero-order valence-electron chi connectivity index (χ0n) is 11.0. The number of carbonyl (C=O) groups excluding carboxylic acids is 1. The van der Waals surface area contributed by atoms with Crippen molar-refractivity contribution in [2.45, 2.75) is 6.92 Å². The predicted molar refractivity (Wildman–Crippen MR) is 80.5 cm³/mol. The van der Waals surface area contributed by atoms with E-state index in [-0.39, 0.29) is 11.1 Å². The van der Waals surface area contributed by atoms with E-state index in [1.807, 2.05) is 0 Å². The van der Waals surface area contributed by atoms with Crippen LogP contribution in [0.3, 0.4) is 0 Å². The van der Waals surface area contributed by atoms with Crippen molar-refractivity contribution in [1.82, 2.24) is 4.98 Å². The third-order valence-corrected chi connectivity index (χ3v) is 3.89. The summed E-state index contributed by atoms with van der Waals surface area (Å²) in [6.45, 7) is 1.50. The van der Waals surface area contributed by atoms with Crippen molar-refractivity contribution in [3.8, 4) is 0 Å². The number of aryl methyl sites for hydroxylation is 1. The first-order chi connectivity index (χ1) is 9.99. The van der Waals surface area contributed by atoms with Crippen LogP contribution in [0.2, 0.25) is 0 Å². The van der Waals surface area contributed by atoms with E-state index in [9.17, 15) is 13.6 Å². The Labute approximate surface area is 127 Å². The Bertz CT molecular complexity index is 870. The van der Waals surface area contributed by atoms with Crippen molar-refractivity contribution in [3.05, 3.63) is 69.3 Å². The van der Waals surface area contributed by atoms with Crippen LogP contribution in [0, 0.1) is 18.6 Å². The lowest BCUT2D eigenvalue weighted by atomic mass is 10.00. The molecule has 0 aliphatic heterocycles. The van der Waals surface area contributed by atoms with Crippen LogP contribution < -0.4 is 0 Å². The predicted octanol–water partition coefficient (Wildman–Crippen LogP) is 4.75. The fourth-order valence-corrected chi connectivity index (χ4v) is 2.65. The van der Waals surface area contributed by atoms with Crippen molar-refractivity contribution < 1.29 is 13.6 Å². The largest absolute Gasteiger partial charge is 0.360 e. The topological polar surface area (TPSA) is 32.9 Å². The molecular formula is C16H10BrF2NO. The molecule has 3 aromatic rings. The summed E-state index contributed by atoms with van der Waals surface area (Å²) in [5.74, 6) is -2.33. The normalized spacial score (nSPS) is 11.0. The Morgan fingerprint density at radius 2 is 1.95 bits per heavy atom. The van der Waals surface area contributed by atoms with Crippen LogP contribution in [-0.2, 0) is 0 Å². The van der Waals surface area contributed by atoms with Crippen LogP contribution in [0.4, 0.5) is 8.78 Å². The summed E-state index contributed by atoms with van der Waals surface area (Å²) in [4.78, 5) is 15.4. The maximum absolute atomic E-state index is 14.1. The lowest BCUT2D eigenvalue weighted by molar-refractivity contribution is 0.103. The van der Waals surface area contributed by atoms with Gasteiger partial charge in [-0.25, -0.2) is 8.78 Å². The Kier molecular flexibility index (Phi) is 3.37. The molecule has 3 rings (SSSR count). The number of hydrogen-bond donors (Lipinski definition) is 1. The maximum atomic E-state index is 14.1. The molecule has 0 saturated carbocycles. The molecule has 1 heterocycles. The van der Waals surface area contributed by atoms with Gasteiger partial charge in [0.1, 0.15) is 11.6 Å². The van der Waals surface area contributed by atoms with Crippen LogP contribution in [0.25, 0.3) is 10.9 Å². The van der Waals surface area contributed by atoms with Gasteiger partial charge in [-0.1, -0.05) is 28.1 Å². The molecule has 1 N–H and O–H groups in total. The molecule has 2 aromatic carbocycles. The Hall–Kier alpha value is -2.01. The molecular weight excluding hydrogens is 340 g/mol. The monoisotopic (exact) mass is 349 g/mol. The number of hydrogen-bond acceptors (Lipinski definition) is 1. The van der Waals surface area contributed by atoms with Crippen molar-refractivity contribution in [2.75, 3.05) is 0 Å². The van der Waals surface area contributed by atoms with Crippen LogP contribution in [0.5, 0.6) is 0 Å². The summed E-state index contributed by atoms with van der Waals surface area (Å²) >= 11 is 3.33. The molecule has 0 bridgehead atoms. The van der Waals surface area contributed by atoms with E-state index in [0.717, 1.165) is 16.1 Å². The summed E-state index contributed by atoms with van der Waals surface area (Å²) in [5, 5.41) is 0.628. The zero-order valence-corrected chi connectivity index (χ0v) is 12.6. The fraction of sp³-hybridized carbons (Fsp3) is 0.0625. The molecule has 106 valence electrons. The number of aromatic amines is 1. The highest BCUT2D eigenvalue weighted by Crippen LogP contribution is 2.26. The number of rotatable bonds is 2. The molecule has 0 atom stereocenters. The molecule has 0 fully saturated rings. The third kappa shape index (κ3) is 2.27. The molecule has 2 nitrogen and oxygen atoms in total. The second kappa shape index (κ2) is 5.07. The van der Waals surface area contributed by atoms with E-state index in [0.29, 0.717) is 5.39 Å². The Morgan fingerprint density at radius 3 is 2.71 bits per heavy atom. The molecule has 5 heteroatoms. The molecule has 1 aromatic heterocycles. The summed E-state index contributed by atoms with van der Waals surface area (Å²) < 4.78 is 28.8. The zero-order chi connectivity index (χ0) is 15.1. The summed E-state index contributed by atoms with van der Waals surface area (Å²) in [6.07, 6.45) is 1.47. The number of fused-ring (bicyclic) bond motifs is 1. The van der Waals surface area contributed by atoms with Gasteiger partial charge in [0, 0.05) is 27.1 Å². The van der Waals surface area contributed by atoms with Crippen molar-refractivity contribution in [3.63, 3.8) is 0 Å². The number of benzene rings is 2. The van der Waals surface area contributed by atoms with E-state index < -0.39 is 23.0 Å². The van der Waals surface area contributed by atoms with Gasteiger partial charge in [-0.2, -0.15) is 0 Å². The van der Waals surface area contributed by atoms with Gasteiger partial charge in [-0.15, -0.1) is 0 Å². The summed E-state index contributed by atoms with van der Waals surface area (Å²) in [5.41, 5.74) is 0.697. The number of nitrogens with one attached hydrogen (secondary N) is 1. The van der Waals surface area contributed by atoms with Crippen molar-refractivity contribution >= 4 is 32.6 Å². The van der Waals surface area contributed by atoms with Gasteiger partial charge in [0.2, 0.25) is 5.78 Å². The van der Waals surface area contributed by atoms with Gasteiger partial charge < -0.3 is 4.98 Å². The number of aromatic nitrogens is 1. The van der Waals surface area contributed by atoms with E-state index in [1.54, 1.807) is 18.2 Å². The molecule has 0 saturated heterocycles. The standard InChI is InChI=1S/C16H10BrF2NO/c1-8-2-5-12(18)14(15(8)19)16(21)11-7-20-13-6-9(17)3-4-10(11)13/h2-7,20H,1H3. The highest BCUT2D eigenvalue weighted by molar-refractivity contribution is 9.10. The van der Waals surface area contributed by atoms with E-state index in [1.165, 1.54) is 19.2 Å². The van der Waals surface area contributed by atoms with E-state index >= 15 is 0 Å². The van der Waals surface area contributed by atoms with Gasteiger partial charge in [0.15, 0.2) is 0 Å². The van der Waals surface area contributed by atoms with Gasteiger partial charge in [-0.3, -0.25) is 4.79 Å². The number of ketones is 1. The molecule has 0 amide bonds. The summed E-state index contributed by atoms with van der Waals surface area (Å²) in [7, 11) is 0. The van der Waals surface area contributed by atoms with E-state index in [4.69, 9.17) is 0 Å². The minimum atomic E-state index is -0.852. The van der Waals surface area contributed by atoms with Crippen LogP contribution in [-0.4, -0.2) is 10.8 Å². The van der Waals surface area contributed by atoms with Crippen LogP contribution in [0.15, 0.2) is 41.0 Å². The van der Waals surface area contributed by atoms with Crippen molar-refractivity contribution in [1.29, 1.82) is 0 Å². The molecule has 0 radical (unpaired) electrons. The molecule has 0 unspecified atom stereocenters. The first-order valence-electron chi connectivity index (χ1n) is 6.25. The minimum Gasteiger partial charge on any atom is -0.360 e. The smallest absolute Gasteiger partial charge is 0.201 e. The first-order valence-corrected chi connectivity index (χ1v) is 7.04. The highest BCUT2D eigenvalue weighted by atomic mass is 79.9. The first kappa shape index (κ1) is 13.9. The average Bonchev–Trinajstić information content (AvgIpc) is 2.86.